The van der Waals surface area contributed by atoms with E-state index in [0.29, 0.717) is 17.9 Å². The summed E-state index contributed by atoms with van der Waals surface area (Å²) in [5.41, 5.74) is 0.702. The number of benzene rings is 1. The average molecular weight is 296 g/mol. The lowest BCUT2D eigenvalue weighted by molar-refractivity contribution is -0.119. The van der Waals surface area contributed by atoms with Gasteiger partial charge in [-0.05, 0) is 43.6 Å². The molecule has 5 nitrogen and oxygen atoms in total. The average Bonchev–Trinajstić information content (AvgIpc) is 2.73. The third-order valence-electron chi connectivity index (χ3n) is 3.63. The van der Waals surface area contributed by atoms with Crippen LogP contribution in [0.5, 0.6) is 0 Å². The van der Waals surface area contributed by atoms with Gasteiger partial charge in [-0.1, -0.05) is 12.1 Å². The van der Waals surface area contributed by atoms with Crippen LogP contribution in [0.3, 0.4) is 0 Å². The molecule has 0 saturated carbocycles. The lowest BCUT2D eigenvalue weighted by Gasteiger charge is -2.09. The number of hydrogen-bond donors (Lipinski definition) is 1. The maximum Gasteiger partial charge on any atom is 0.238 e. The van der Waals surface area contributed by atoms with Crippen LogP contribution < -0.4 is 5.14 Å². The molecule has 6 heteroatoms. The fourth-order valence-electron chi connectivity index (χ4n) is 2.65. The van der Waals surface area contributed by atoms with Gasteiger partial charge >= 0.3 is 0 Å². The third kappa shape index (κ3) is 4.13. The minimum atomic E-state index is -3.71. The molecule has 0 aliphatic carbocycles. The van der Waals surface area contributed by atoms with Gasteiger partial charge in [0.05, 0.1) is 4.90 Å². The lowest BCUT2D eigenvalue weighted by Crippen LogP contribution is -2.17. The summed E-state index contributed by atoms with van der Waals surface area (Å²) in [5.74, 6) is 0.575. The summed E-state index contributed by atoms with van der Waals surface area (Å²) in [6, 6.07) is 6.29. The van der Waals surface area contributed by atoms with Crippen molar-refractivity contribution in [3.05, 3.63) is 29.8 Å². The van der Waals surface area contributed by atoms with Gasteiger partial charge < -0.3 is 4.90 Å². The number of nitrogens with zero attached hydrogens (tertiary/aromatic N) is 1. The quantitative estimate of drug-likeness (QED) is 0.871. The Balaban J connectivity index is 1.98. The zero-order chi connectivity index (χ0) is 14.8. The standard InChI is InChI=1S/C14H20N2O3S/c1-16-6-5-12(10-16)8-13(17)7-11-3-2-4-14(9-11)20(15,18)19/h2-4,9,12H,5-8,10H2,1H3,(H2,15,18,19)/t12-/m0/s1. The van der Waals surface area contributed by atoms with Crippen molar-refractivity contribution in [2.24, 2.45) is 11.1 Å². The summed E-state index contributed by atoms with van der Waals surface area (Å²) >= 11 is 0. The van der Waals surface area contributed by atoms with Crippen molar-refractivity contribution in [1.29, 1.82) is 0 Å². The van der Waals surface area contributed by atoms with Crippen molar-refractivity contribution in [1.82, 2.24) is 4.90 Å². The van der Waals surface area contributed by atoms with Crippen LogP contribution in [0, 0.1) is 5.92 Å². The van der Waals surface area contributed by atoms with Crippen molar-refractivity contribution in [3.8, 4) is 0 Å². The summed E-state index contributed by atoms with van der Waals surface area (Å²) in [5, 5.41) is 5.09. The number of rotatable bonds is 5. The van der Waals surface area contributed by atoms with Gasteiger partial charge in [-0.3, -0.25) is 4.79 Å². The molecule has 0 aromatic heterocycles. The molecule has 1 saturated heterocycles. The Morgan fingerprint density at radius 2 is 2.20 bits per heavy atom. The van der Waals surface area contributed by atoms with Gasteiger partial charge in [-0.25, -0.2) is 13.6 Å². The largest absolute Gasteiger partial charge is 0.306 e. The summed E-state index contributed by atoms with van der Waals surface area (Å²) in [7, 11) is -1.65. The van der Waals surface area contributed by atoms with Crippen LogP contribution in [0.4, 0.5) is 0 Å². The minimum Gasteiger partial charge on any atom is -0.306 e. The molecule has 1 fully saturated rings. The molecule has 1 atom stereocenters. The van der Waals surface area contributed by atoms with Crippen LogP contribution in [0.2, 0.25) is 0 Å². The van der Waals surface area contributed by atoms with Gasteiger partial charge in [-0.2, -0.15) is 0 Å². The van der Waals surface area contributed by atoms with Crippen LogP contribution in [0.1, 0.15) is 18.4 Å². The normalized spacial score (nSPS) is 20.2. The summed E-state index contributed by atoms with van der Waals surface area (Å²) < 4.78 is 22.5. The second-order valence-corrected chi connectivity index (χ2v) is 7.09. The van der Waals surface area contributed by atoms with E-state index in [1.165, 1.54) is 12.1 Å². The number of ketones is 1. The van der Waals surface area contributed by atoms with E-state index in [9.17, 15) is 13.2 Å². The van der Waals surface area contributed by atoms with Crippen molar-refractivity contribution >= 4 is 15.8 Å². The number of sulfonamides is 1. The maximum absolute atomic E-state index is 12.0. The maximum atomic E-state index is 12.0. The Kier molecular flexibility index (Phi) is 4.57. The van der Waals surface area contributed by atoms with Crippen LogP contribution in [-0.2, 0) is 21.2 Å². The zero-order valence-electron chi connectivity index (χ0n) is 11.6. The first-order valence-electron chi connectivity index (χ1n) is 6.66. The summed E-state index contributed by atoms with van der Waals surface area (Å²) in [6.07, 6.45) is 1.88. The topological polar surface area (TPSA) is 80.5 Å². The molecule has 1 heterocycles. The monoisotopic (exact) mass is 296 g/mol. The Labute approximate surface area is 119 Å². The number of carbonyl (C=O) groups is 1. The Bertz CT molecular complexity index is 598. The minimum absolute atomic E-state index is 0.0587. The molecule has 0 amide bonds. The summed E-state index contributed by atoms with van der Waals surface area (Å²) in [6.45, 7) is 2.00. The molecular weight excluding hydrogens is 276 g/mol. The van der Waals surface area contributed by atoms with E-state index in [4.69, 9.17) is 5.14 Å². The van der Waals surface area contributed by atoms with Gasteiger partial charge in [0, 0.05) is 19.4 Å². The van der Waals surface area contributed by atoms with Gasteiger partial charge in [-0.15, -0.1) is 0 Å². The Morgan fingerprint density at radius 3 is 2.80 bits per heavy atom. The highest BCUT2D eigenvalue weighted by Gasteiger charge is 2.22. The van der Waals surface area contributed by atoms with Crippen LogP contribution in [-0.4, -0.2) is 39.2 Å². The molecule has 0 spiro atoms. The molecule has 1 aromatic carbocycles. The van der Waals surface area contributed by atoms with Crippen LogP contribution in [0.15, 0.2) is 29.2 Å². The molecule has 0 unspecified atom stereocenters. The molecule has 2 rings (SSSR count). The zero-order valence-corrected chi connectivity index (χ0v) is 12.4. The highest BCUT2D eigenvalue weighted by Crippen LogP contribution is 2.19. The molecule has 0 radical (unpaired) electrons. The third-order valence-corrected chi connectivity index (χ3v) is 4.54. The van der Waals surface area contributed by atoms with Crippen LogP contribution >= 0.6 is 0 Å². The van der Waals surface area contributed by atoms with Crippen molar-refractivity contribution in [3.63, 3.8) is 0 Å². The molecule has 1 aliphatic heterocycles. The summed E-state index contributed by atoms with van der Waals surface area (Å²) in [4.78, 5) is 14.3. The number of primary sulfonamides is 1. The number of likely N-dealkylation sites (tertiary alicyclic amines) is 1. The van der Waals surface area contributed by atoms with Gasteiger partial charge in [0.15, 0.2) is 0 Å². The van der Waals surface area contributed by atoms with E-state index in [2.05, 4.69) is 11.9 Å². The second kappa shape index (κ2) is 6.03. The van der Waals surface area contributed by atoms with Crippen molar-refractivity contribution < 1.29 is 13.2 Å². The Morgan fingerprint density at radius 1 is 1.45 bits per heavy atom. The first-order chi connectivity index (χ1) is 9.34. The van der Waals surface area contributed by atoms with Gasteiger partial charge in [0.25, 0.3) is 0 Å². The lowest BCUT2D eigenvalue weighted by atomic mass is 9.98. The van der Waals surface area contributed by atoms with E-state index < -0.39 is 10.0 Å². The number of Topliss-reactive ketones (excluding diaryl/α,β-unsaturated/α-hetero) is 1. The van der Waals surface area contributed by atoms with Crippen molar-refractivity contribution in [2.75, 3.05) is 20.1 Å². The molecule has 20 heavy (non-hydrogen) atoms. The van der Waals surface area contributed by atoms with E-state index in [1.54, 1.807) is 12.1 Å². The SMILES string of the molecule is CN1CC[C@@H](CC(=O)Cc2cccc(S(N)(=O)=O)c2)C1. The number of nitrogens with two attached hydrogens (primary N) is 1. The molecule has 1 aliphatic rings. The fourth-order valence-corrected chi connectivity index (χ4v) is 3.23. The Hall–Kier alpha value is -1.24. The number of carbonyl (C=O) groups excluding carboxylic acids is 1. The predicted octanol–water partition coefficient (Wildman–Crippen LogP) is 0.787. The molecule has 0 bridgehead atoms. The highest BCUT2D eigenvalue weighted by atomic mass is 32.2. The highest BCUT2D eigenvalue weighted by molar-refractivity contribution is 7.89. The van der Waals surface area contributed by atoms with Gasteiger partial charge in [0.1, 0.15) is 5.78 Å². The molecule has 110 valence electrons. The predicted molar refractivity (Wildman–Crippen MR) is 76.7 cm³/mol. The first-order valence-corrected chi connectivity index (χ1v) is 8.21. The van der Waals surface area contributed by atoms with Gasteiger partial charge in [0.2, 0.25) is 10.0 Å². The fraction of sp³-hybridized carbons (Fsp3) is 0.500. The second-order valence-electron chi connectivity index (χ2n) is 5.53. The van der Waals surface area contributed by atoms with E-state index >= 15 is 0 Å². The van der Waals surface area contributed by atoms with Crippen molar-refractivity contribution in [2.45, 2.75) is 24.2 Å². The first kappa shape index (κ1) is 15.2. The molecular formula is C14H20N2O3S. The smallest absolute Gasteiger partial charge is 0.238 e. The van der Waals surface area contributed by atoms with E-state index in [-0.39, 0.29) is 17.1 Å². The van der Waals surface area contributed by atoms with Crippen LogP contribution in [0.25, 0.3) is 0 Å². The molecule has 2 N–H and O–H groups in total. The molecule has 1 aromatic rings. The number of hydrogen-bond acceptors (Lipinski definition) is 4. The van der Waals surface area contributed by atoms with E-state index in [1.807, 2.05) is 0 Å². The van der Waals surface area contributed by atoms with E-state index in [0.717, 1.165) is 19.5 Å².